The fraction of sp³-hybridized carbons (Fsp3) is 1.00. The molecule has 0 aliphatic carbocycles. The molecule has 0 aromatic heterocycles. The van der Waals surface area contributed by atoms with Gasteiger partial charge < -0.3 is 4.90 Å². The van der Waals surface area contributed by atoms with E-state index >= 15 is 0 Å². The predicted octanol–water partition coefficient (Wildman–Crippen LogP) is 0.901. The average Bonchev–Trinajstić information content (AvgIpc) is 2.15. The molecular weight excluding hydrogens is 114 g/mol. The average molecular weight is 128 g/mol. The predicted molar refractivity (Wildman–Crippen MR) is 35.8 cm³/mol. The fourth-order valence-electron chi connectivity index (χ4n) is 1.33. The molecule has 0 aromatic carbocycles. The lowest BCUT2D eigenvalue weighted by atomic mass is 10.4. The van der Waals surface area contributed by atoms with Gasteiger partial charge in [-0.1, -0.05) is 0 Å². The van der Waals surface area contributed by atoms with E-state index in [1.807, 2.05) is 0 Å². The molecule has 9 heavy (non-hydrogen) atoms. The molecular formula is C7H14NO. The van der Waals surface area contributed by atoms with E-state index in [9.17, 15) is 5.11 Å². The standard InChI is InChI=1S/C7H14NO/c1-7(9)6-8-4-2-3-5-8/h7H,2-6H2,1H3. The van der Waals surface area contributed by atoms with E-state index in [0.717, 1.165) is 19.6 Å². The Bertz CT molecular complexity index is 77.0. The van der Waals surface area contributed by atoms with Crippen molar-refractivity contribution >= 4 is 0 Å². The van der Waals surface area contributed by atoms with Crippen molar-refractivity contribution in [2.24, 2.45) is 0 Å². The fourth-order valence-corrected chi connectivity index (χ4v) is 1.33. The highest BCUT2D eigenvalue weighted by Crippen LogP contribution is 2.07. The maximum absolute atomic E-state index is 10.6. The van der Waals surface area contributed by atoms with E-state index in [4.69, 9.17) is 0 Å². The largest absolute Gasteiger partial charge is 0.301 e. The normalized spacial score (nSPS) is 24.7. The molecule has 0 saturated carbocycles. The second-order valence-corrected chi connectivity index (χ2v) is 2.82. The molecule has 1 unspecified atom stereocenters. The SMILES string of the molecule is CC([O])CN1CCCC1. The Morgan fingerprint density at radius 2 is 2.00 bits per heavy atom. The summed E-state index contributed by atoms with van der Waals surface area (Å²) in [7, 11) is 0. The zero-order valence-corrected chi connectivity index (χ0v) is 5.97. The van der Waals surface area contributed by atoms with E-state index in [2.05, 4.69) is 4.90 Å². The van der Waals surface area contributed by atoms with Gasteiger partial charge >= 0.3 is 0 Å². The van der Waals surface area contributed by atoms with Crippen LogP contribution in [0.25, 0.3) is 0 Å². The summed E-state index contributed by atoms with van der Waals surface area (Å²) < 4.78 is 0. The molecule has 2 nitrogen and oxygen atoms in total. The van der Waals surface area contributed by atoms with Crippen molar-refractivity contribution in [3.8, 4) is 0 Å². The summed E-state index contributed by atoms with van der Waals surface area (Å²) in [6.45, 7) is 4.78. The lowest BCUT2D eigenvalue weighted by Crippen LogP contribution is -2.27. The maximum Gasteiger partial charge on any atom is 0.103 e. The molecule has 1 atom stereocenters. The van der Waals surface area contributed by atoms with E-state index in [1.54, 1.807) is 6.92 Å². The topological polar surface area (TPSA) is 23.1 Å². The van der Waals surface area contributed by atoms with Crippen molar-refractivity contribution in [3.63, 3.8) is 0 Å². The number of hydrogen-bond acceptors (Lipinski definition) is 1. The first-order valence-corrected chi connectivity index (χ1v) is 3.67. The summed E-state index contributed by atoms with van der Waals surface area (Å²) in [6.07, 6.45) is 2.17. The molecule has 0 aromatic rings. The lowest BCUT2D eigenvalue weighted by molar-refractivity contribution is 0.0723. The Balaban J connectivity index is 2.11. The van der Waals surface area contributed by atoms with Crippen molar-refractivity contribution in [2.75, 3.05) is 19.6 Å². The molecule has 1 fully saturated rings. The van der Waals surface area contributed by atoms with Crippen molar-refractivity contribution in [2.45, 2.75) is 25.9 Å². The Kier molecular flexibility index (Phi) is 2.49. The van der Waals surface area contributed by atoms with E-state index in [0.29, 0.717) is 0 Å². The third-order valence-corrected chi connectivity index (χ3v) is 1.71. The van der Waals surface area contributed by atoms with E-state index in [1.165, 1.54) is 12.8 Å². The Labute approximate surface area is 56.5 Å². The van der Waals surface area contributed by atoms with Gasteiger partial charge in [0.05, 0.1) is 0 Å². The zero-order chi connectivity index (χ0) is 6.69. The minimum absolute atomic E-state index is 0.400. The van der Waals surface area contributed by atoms with Gasteiger partial charge in [0, 0.05) is 6.54 Å². The summed E-state index contributed by atoms with van der Waals surface area (Å²) >= 11 is 0. The Hall–Kier alpha value is -0.0800. The smallest absolute Gasteiger partial charge is 0.103 e. The van der Waals surface area contributed by atoms with Crippen LogP contribution in [0.3, 0.4) is 0 Å². The van der Waals surface area contributed by atoms with Gasteiger partial charge in [-0.15, -0.1) is 0 Å². The molecule has 0 bridgehead atoms. The number of nitrogens with zero attached hydrogens (tertiary/aromatic N) is 1. The summed E-state index contributed by atoms with van der Waals surface area (Å²) in [6, 6.07) is 0. The first-order valence-electron chi connectivity index (χ1n) is 3.67. The molecule has 53 valence electrons. The van der Waals surface area contributed by atoms with Crippen LogP contribution in [-0.2, 0) is 5.11 Å². The highest BCUT2D eigenvalue weighted by atomic mass is 16.3. The molecule has 1 aliphatic rings. The Morgan fingerprint density at radius 1 is 1.44 bits per heavy atom. The molecule has 2 heteroatoms. The summed E-state index contributed by atoms with van der Waals surface area (Å²) in [5, 5.41) is 10.6. The minimum Gasteiger partial charge on any atom is -0.301 e. The van der Waals surface area contributed by atoms with Crippen LogP contribution in [0.5, 0.6) is 0 Å². The van der Waals surface area contributed by atoms with Gasteiger partial charge in [-0.3, -0.25) is 0 Å². The van der Waals surface area contributed by atoms with Gasteiger partial charge in [0.15, 0.2) is 0 Å². The van der Waals surface area contributed by atoms with Crippen molar-refractivity contribution < 1.29 is 5.11 Å². The molecule has 1 aliphatic heterocycles. The van der Waals surface area contributed by atoms with E-state index < -0.39 is 6.10 Å². The second-order valence-electron chi connectivity index (χ2n) is 2.82. The zero-order valence-electron chi connectivity index (χ0n) is 5.97. The maximum atomic E-state index is 10.6. The van der Waals surface area contributed by atoms with Crippen molar-refractivity contribution in [1.82, 2.24) is 4.90 Å². The van der Waals surface area contributed by atoms with E-state index in [-0.39, 0.29) is 0 Å². The van der Waals surface area contributed by atoms with Crippen LogP contribution in [0.2, 0.25) is 0 Å². The van der Waals surface area contributed by atoms with Gasteiger partial charge in [-0.05, 0) is 32.9 Å². The highest BCUT2D eigenvalue weighted by Gasteiger charge is 2.12. The Morgan fingerprint density at radius 3 is 2.44 bits per heavy atom. The van der Waals surface area contributed by atoms with Crippen LogP contribution in [0.15, 0.2) is 0 Å². The molecule has 0 spiro atoms. The van der Waals surface area contributed by atoms with Gasteiger partial charge in [0.25, 0.3) is 0 Å². The van der Waals surface area contributed by atoms with Gasteiger partial charge in [0.1, 0.15) is 6.10 Å². The van der Waals surface area contributed by atoms with Crippen molar-refractivity contribution in [1.29, 1.82) is 0 Å². The van der Waals surface area contributed by atoms with Crippen LogP contribution >= 0.6 is 0 Å². The van der Waals surface area contributed by atoms with Crippen LogP contribution in [-0.4, -0.2) is 30.6 Å². The number of rotatable bonds is 2. The third-order valence-electron chi connectivity index (χ3n) is 1.71. The first kappa shape index (κ1) is 7.03. The van der Waals surface area contributed by atoms with Crippen molar-refractivity contribution in [3.05, 3.63) is 0 Å². The number of likely N-dealkylation sites (tertiary alicyclic amines) is 1. The third kappa shape index (κ3) is 2.33. The van der Waals surface area contributed by atoms with Gasteiger partial charge in [-0.25, -0.2) is 5.11 Å². The summed E-state index contributed by atoms with van der Waals surface area (Å²) in [5.41, 5.74) is 0. The van der Waals surface area contributed by atoms with Gasteiger partial charge in [0.2, 0.25) is 0 Å². The molecule has 1 rings (SSSR count). The highest BCUT2D eigenvalue weighted by molar-refractivity contribution is 4.67. The number of hydrogen-bond donors (Lipinski definition) is 0. The summed E-state index contributed by atoms with van der Waals surface area (Å²) in [5.74, 6) is 0. The molecule has 1 radical (unpaired) electrons. The monoisotopic (exact) mass is 128 g/mol. The molecule has 1 saturated heterocycles. The lowest BCUT2D eigenvalue weighted by Gasteiger charge is -2.14. The van der Waals surface area contributed by atoms with Crippen LogP contribution in [0.4, 0.5) is 0 Å². The quantitative estimate of drug-likeness (QED) is 0.542. The molecule has 0 N–H and O–H groups in total. The summed E-state index contributed by atoms with van der Waals surface area (Å²) in [4.78, 5) is 2.25. The molecule has 1 heterocycles. The first-order chi connectivity index (χ1) is 4.29. The second kappa shape index (κ2) is 3.18. The molecule has 0 amide bonds. The minimum atomic E-state index is -0.400. The van der Waals surface area contributed by atoms with Crippen LogP contribution in [0, 0.1) is 0 Å². The van der Waals surface area contributed by atoms with Crippen LogP contribution in [0.1, 0.15) is 19.8 Å². The van der Waals surface area contributed by atoms with Gasteiger partial charge in [-0.2, -0.15) is 0 Å². The van der Waals surface area contributed by atoms with Crippen LogP contribution < -0.4 is 0 Å².